The summed E-state index contributed by atoms with van der Waals surface area (Å²) >= 11 is 0. The van der Waals surface area contributed by atoms with E-state index < -0.39 is 0 Å². The van der Waals surface area contributed by atoms with Crippen LogP contribution in [0.25, 0.3) is 0 Å². The number of nitrogens with one attached hydrogen (secondary N) is 3. The molecule has 3 amide bonds. The molecule has 2 aromatic rings. The fraction of sp³-hybridized carbons (Fsp3) is 0.364. The van der Waals surface area contributed by atoms with Crippen LogP contribution in [-0.2, 0) is 4.79 Å². The van der Waals surface area contributed by atoms with Gasteiger partial charge in [-0.1, -0.05) is 18.2 Å². The van der Waals surface area contributed by atoms with Crippen LogP contribution in [0.3, 0.4) is 0 Å². The molecule has 1 fully saturated rings. The van der Waals surface area contributed by atoms with Gasteiger partial charge in [0, 0.05) is 11.6 Å². The molecule has 0 spiro atoms. The molecule has 0 saturated heterocycles. The maximum absolute atomic E-state index is 12.4. The van der Waals surface area contributed by atoms with E-state index in [4.69, 9.17) is 9.47 Å². The molecule has 3 N–H and O–H groups in total. The Morgan fingerprint density at radius 1 is 0.897 bits per heavy atom. The normalized spacial score (nSPS) is 16.6. The number of urea groups is 1. The van der Waals surface area contributed by atoms with Gasteiger partial charge in [-0.05, 0) is 62.1 Å². The molecule has 0 aromatic heterocycles. The zero-order valence-corrected chi connectivity index (χ0v) is 16.5. The molecule has 29 heavy (non-hydrogen) atoms. The Labute approximate surface area is 169 Å². The van der Waals surface area contributed by atoms with Crippen molar-refractivity contribution in [1.82, 2.24) is 10.6 Å². The number of fused-ring (bicyclic) bond motifs is 1. The molecule has 0 unspecified atom stereocenters. The minimum absolute atomic E-state index is 0.0841. The van der Waals surface area contributed by atoms with Crippen molar-refractivity contribution < 1.29 is 19.1 Å². The molecule has 1 aliphatic carbocycles. The molecule has 4 rings (SSSR count). The van der Waals surface area contributed by atoms with E-state index in [1.54, 1.807) is 0 Å². The van der Waals surface area contributed by atoms with Crippen LogP contribution in [-0.4, -0.2) is 18.7 Å². The van der Waals surface area contributed by atoms with Crippen molar-refractivity contribution in [2.75, 3.05) is 12.1 Å². The zero-order valence-electron chi connectivity index (χ0n) is 16.5. The smallest absolute Gasteiger partial charge is 0.315 e. The van der Waals surface area contributed by atoms with Gasteiger partial charge in [0.05, 0.1) is 12.1 Å². The van der Waals surface area contributed by atoms with Gasteiger partial charge in [0.25, 0.3) is 0 Å². The number of benzene rings is 2. The van der Waals surface area contributed by atoms with Crippen molar-refractivity contribution in [3.63, 3.8) is 0 Å². The van der Waals surface area contributed by atoms with Crippen LogP contribution in [0.15, 0.2) is 42.5 Å². The second-order valence-corrected chi connectivity index (χ2v) is 7.56. The summed E-state index contributed by atoms with van der Waals surface area (Å²) in [6.45, 7) is 4.06. The number of carbonyl (C=O) groups is 2. The molecule has 7 heteroatoms. The van der Waals surface area contributed by atoms with Crippen molar-refractivity contribution in [1.29, 1.82) is 0 Å². The lowest BCUT2D eigenvalue weighted by atomic mass is 10.1. The maximum atomic E-state index is 12.4. The number of amides is 3. The lowest BCUT2D eigenvalue weighted by Gasteiger charge is -2.19. The van der Waals surface area contributed by atoms with Gasteiger partial charge in [0.2, 0.25) is 12.7 Å². The van der Waals surface area contributed by atoms with Crippen LogP contribution in [0.1, 0.15) is 49.9 Å². The molecule has 1 saturated carbocycles. The monoisotopic (exact) mass is 395 g/mol. The quantitative estimate of drug-likeness (QED) is 0.692. The zero-order chi connectivity index (χ0) is 20.4. The van der Waals surface area contributed by atoms with E-state index in [1.807, 2.05) is 56.3 Å². The highest BCUT2D eigenvalue weighted by atomic mass is 16.7. The molecule has 2 atom stereocenters. The molecule has 1 aliphatic heterocycles. The Morgan fingerprint density at radius 2 is 1.52 bits per heavy atom. The number of rotatable bonds is 6. The van der Waals surface area contributed by atoms with Crippen LogP contribution in [0.5, 0.6) is 11.5 Å². The maximum Gasteiger partial charge on any atom is 0.315 e. The van der Waals surface area contributed by atoms with Crippen LogP contribution in [0, 0.1) is 5.92 Å². The second-order valence-electron chi connectivity index (χ2n) is 7.56. The number of hydrogen-bond acceptors (Lipinski definition) is 4. The van der Waals surface area contributed by atoms with Crippen molar-refractivity contribution in [3.05, 3.63) is 53.6 Å². The highest BCUT2D eigenvalue weighted by molar-refractivity contribution is 5.94. The summed E-state index contributed by atoms with van der Waals surface area (Å²) in [6.07, 6.45) is 1.95. The Balaban J connectivity index is 1.30. The van der Waals surface area contributed by atoms with Crippen molar-refractivity contribution in [2.45, 2.75) is 38.8 Å². The lowest BCUT2D eigenvalue weighted by molar-refractivity contribution is -0.117. The fourth-order valence-corrected chi connectivity index (χ4v) is 3.23. The molecule has 2 aliphatic rings. The van der Waals surface area contributed by atoms with Crippen LogP contribution < -0.4 is 25.4 Å². The summed E-state index contributed by atoms with van der Waals surface area (Å²) in [5.74, 6) is 1.67. The van der Waals surface area contributed by atoms with Crippen molar-refractivity contribution >= 4 is 17.6 Å². The minimum atomic E-state index is -0.256. The first kappa shape index (κ1) is 19.1. The van der Waals surface area contributed by atoms with Crippen LogP contribution in [0.2, 0.25) is 0 Å². The summed E-state index contributed by atoms with van der Waals surface area (Å²) in [5, 5.41) is 8.80. The number of ether oxygens (including phenoxy) is 2. The molecule has 0 bridgehead atoms. The van der Waals surface area contributed by atoms with E-state index >= 15 is 0 Å². The standard InChI is InChI=1S/C22H25N3O4/c1-13(15-5-8-18(9-6-15)25-21(26)16-3-4-16)23-22(27)24-14(2)17-7-10-19-20(11-17)29-12-28-19/h5-11,13-14,16H,3-4,12H2,1-2H3,(H,25,26)(H2,23,24,27)/t13-,14-/m1/s1. The highest BCUT2D eigenvalue weighted by Crippen LogP contribution is 2.34. The Bertz CT molecular complexity index is 909. The van der Waals surface area contributed by atoms with E-state index in [9.17, 15) is 9.59 Å². The van der Waals surface area contributed by atoms with Gasteiger partial charge in [0.15, 0.2) is 11.5 Å². The van der Waals surface area contributed by atoms with E-state index in [2.05, 4.69) is 16.0 Å². The molecule has 152 valence electrons. The Kier molecular flexibility index (Phi) is 5.29. The summed E-state index contributed by atoms with van der Waals surface area (Å²) in [4.78, 5) is 24.2. The van der Waals surface area contributed by atoms with Gasteiger partial charge in [-0.25, -0.2) is 4.79 Å². The largest absolute Gasteiger partial charge is 0.454 e. The number of carbonyl (C=O) groups excluding carboxylic acids is 2. The van der Waals surface area contributed by atoms with Gasteiger partial charge in [0.1, 0.15) is 0 Å². The van der Waals surface area contributed by atoms with E-state index in [0.717, 1.165) is 35.4 Å². The van der Waals surface area contributed by atoms with Gasteiger partial charge < -0.3 is 25.4 Å². The van der Waals surface area contributed by atoms with Gasteiger partial charge in [-0.2, -0.15) is 0 Å². The van der Waals surface area contributed by atoms with Crippen LogP contribution >= 0.6 is 0 Å². The summed E-state index contributed by atoms with van der Waals surface area (Å²) < 4.78 is 10.7. The van der Waals surface area contributed by atoms with Gasteiger partial charge in [-0.15, -0.1) is 0 Å². The van der Waals surface area contributed by atoms with Gasteiger partial charge in [-0.3, -0.25) is 4.79 Å². The van der Waals surface area contributed by atoms with Crippen LogP contribution in [0.4, 0.5) is 10.5 Å². The molecule has 0 radical (unpaired) electrons. The third-order valence-corrected chi connectivity index (χ3v) is 5.22. The third-order valence-electron chi connectivity index (χ3n) is 5.22. The van der Waals surface area contributed by atoms with Crippen molar-refractivity contribution in [3.8, 4) is 11.5 Å². The molecular weight excluding hydrogens is 370 g/mol. The van der Waals surface area contributed by atoms with Gasteiger partial charge >= 0.3 is 6.03 Å². The topological polar surface area (TPSA) is 88.7 Å². The fourth-order valence-electron chi connectivity index (χ4n) is 3.23. The molecular formula is C22H25N3O4. The average molecular weight is 395 g/mol. The predicted octanol–water partition coefficient (Wildman–Crippen LogP) is 3.89. The molecule has 1 heterocycles. The Hall–Kier alpha value is -3.22. The highest BCUT2D eigenvalue weighted by Gasteiger charge is 2.29. The van der Waals surface area contributed by atoms with Crippen molar-refractivity contribution in [2.24, 2.45) is 5.92 Å². The van der Waals surface area contributed by atoms with E-state index in [-0.39, 0.29) is 36.7 Å². The first-order valence-electron chi connectivity index (χ1n) is 9.87. The summed E-state index contributed by atoms with van der Waals surface area (Å²) in [5.41, 5.74) is 2.67. The first-order valence-corrected chi connectivity index (χ1v) is 9.87. The lowest BCUT2D eigenvalue weighted by Crippen LogP contribution is -2.38. The van der Waals surface area contributed by atoms with E-state index in [0.29, 0.717) is 5.75 Å². The molecule has 7 nitrogen and oxygen atoms in total. The number of anilines is 1. The first-order chi connectivity index (χ1) is 14.0. The van der Waals surface area contributed by atoms with E-state index in [1.165, 1.54) is 0 Å². The minimum Gasteiger partial charge on any atom is -0.454 e. The SMILES string of the molecule is C[C@@H](NC(=O)N[C@H](C)c1ccc2c(c1)OCO2)c1ccc(NC(=O)C2CC2)cc1. The summed E-state index contributed by atoms with van der Waals surface area (Å²) in [7, 11) is 0. The average Bonchev–Trinajstić information content (AvgIpc) is 3.45. The molecule has 2 aromatic carbocycles. The summed E-state index contributed by atoms with van der Waals surface area (Å²) in [6, 6.07) is 12.6. The number of hydrogen-bond donors (Lipinski definition) is 3. The third kappa shape index (κ3) is 4.62. The second kappa shape index (κ2) is 8.03. The Morgan fingerprint density at radius 3 is 2.21 bits per heavy atom. The predicted molar refractivity (Wildman–Crippen MR) is 109 cm³/mol.